The van der Waals surface area contributed by atoms with Crippen LogP contribution in [0.15, 0.2) is 11.8 Å². The fourth-order valence-corrected chi connectivity index (χ4v) is 1.76. The van der Waals surface area contributed by atoms with Crippen LogP contribution in [-0.2, 0) is 0 Å². The van der Waals surface area contributed by atoms with Gasteiger partial charge in [0, 0.05) is 6.04 Å². The summed E-state index contributed by atoms with van der Waals surface area (Å²) >= 11 is 0. The summed E-state index contributed by atoms with van der Waals surface area (Å²) in [5.41, 5.74) is 1.85. The minimum Gasteiger partial charge on any atom is -0.387 e. The third-order valence-corrected chi connectivity index (χ3v) is 2.64. The first-order valence-electron chi connectivity index (χ1n) is 4.35. The van der Waals surface area contributed by atoms with Gasteiger partial charge in [-0.2, -0.15) is 0 Å². The van der Waals surface area contributed by atoms with E-state index in [1.165, 1.54) is 5.57 Å². The van der Waals surface area contributed by atoms with Gasteiger partial charge in [-0.3, -0.25) is 0 Å². The summed E-state index contributed by atoms with van der Waals surface area (Å²) in [6, 6.07) is 0.613. The Morgan fingerprint density at radius 2 is 1.91 bits per heavy atom. The van der Waals surface area contributed by atoms with Crippen LogP contribution >= 0.6 is 0 Å². The molecule has 0 saturated carbocycles. The lowest BCUT2D eigenvalue weighted by Crippen LogP contribution is -2.38. The molecule has 1 heteroatoms. The van der Waals surface area contributed by atoms with Gasteiger partial charge in [-0.15, -0.1) is 0 Å². The van der Waals surface area contributed by atoms with Crippen molar-refractivity contribution in [2.45, 2.75) is 40.7 Å². The predicted octanol–water partition coefficient (Wildman–Crippen LogP) is 2.54. The highest BCUT2D eigenvalue weighted by atomic mass is 14.9. The van der Waals surface area contributed by atoms with Crippen LogP contribution in [0.4, 0.5) is 0 Å². The number of hydrogen-bond acceptors (Lipinski definition) is 1. The molecule has 64 valence electrons. The lowest BCUT2D eigenvalue weighted by molar-refractivity contribution is 0.256. The molecule has 11 heavy (non-hydrogen) atoms. The average Bonchev–Trinajstić information content (AvgIpc) is 2.11. The maximum atomic E-state index is 3.43. The van der Waals surface area contributed by atoms with Gasteiger partial charge in [0.15, 0.2) is 0 Å². The van der Waals surface area contributed by atoms with Gasteiger partial charge in [-0.1, -0.05) is 33.3 Å². The van der Waals surface area contributed by atoms with E-state index in [1.807, 2.05) is 0 Å². The second-order valence-electron chi connectivity index (χ2n) is 4.69. The van der Waals surface area contributed by atoms with Crippen molar-refractivity contribution in [3.63, 3.8) is 0 Å². The molecule has 0 aromatic rings. The SMILES string of the molecule is CC1=CNC(C(C)(C)C)C1C. The quantitative estimate of drug-likeness (QED) is 0.564. The Morgan fingerprint density at radius 3 is 2.09 bits per heavy atom. The topological polar surface area (TPSA) is 12.0 Å². The van der Waals surface area contributed by atoms with Crippen molar-refractivity contribution in [3.05, 3.63) is 11.8 Å². The van der Waals surface area contributed by atoms with Crippen LogP contribution in [0, 0.1) is 11.3 Å². The van der Waals surface area contributed by atoms with Crippen molar-refractivity contribution in [1.29, 1.82) is 0 Å². The highest BCUT2D eigenvalue weighted by Crippen LogP contribution is 2.32. The molecule has 2 atom stereocenters. The molecule has 1 aliphatic rings. The lowest BCUT2D eigenvalue weighted by atomic mass is 9.79. The predicted molar refractivity (Wildman–Crippen MR) is 49.3 cm³/mol. The van der Waals surface area contributed by atoms with Gasteiger partial charge in [0.2, 0.25) is 0 Å². The lowest BCUT2D eigenvalue weighted by Gasteiger charge is -2.31. The first kappa shape index (κ1) is 8.63. The van der Waals surface area contributed by atoms with E-state index in [9.17, 15) is 0 Å². The minimum absolute atomic E-state index is 0.369. The molecular weight excluding hydrogens is 134 g/mol. The number of hydrogen-bond donors (Lipinski definition) is 1. The molecular formula is C10H19N. The largest absolute Gasteiger partial charge is 0.387 e. The zero-order valence-electron chi connectivity index (χ0n) is 8.23. The molecule has 1 heterocycles. The first-order chi connectivity index (χ1) is 4.93. The van der Waals surface area contributed by atoms with Crippen LogP contribution in [0.2, 0.25) is 0 Å². The van der Waals surface area contributed by atoms with Crippen LogP contribution in [-0.4, -0.2) is 6.04 Å². The van der Waals surface area contributed by atoms with Crippen molar-refractivity contribution in [2.75, 3.05) is 0 Å². The van der Waals surface area contributed by atoms with Gasteiger partial charge in [0.25, 0.3) is 0 Å². The zero-order valence-corrected chi connectivity index (χ0v) is 8.23. The Bertz CT molecular complexity index is 174. The molecule has 0 radical (unpaired) electrons. The van der Waals surface area contributed by atoms with E-state index in [4.69, 9.17) is 0 Å². The van der Waals surface area contributed by atoms with Crippen molar-refractivity contribution in [3.8, 4) is 0 Å². The molecule has 0 spiro atoms. The summed E-state index contributed by atoms with van der Waals surface area (Å²) < 4.78 is 0. The van der Waals surface area contributed by atoms with E-state index < -0.39 is 0 Å². The van der Waals surface area contributed by atoms with E-state index in [-0.39, 0.29) is 0 Å². The number of nitrogens with one attached hydrogen (secondary N) is 1. The van der Waals surface area contributed by atoms with E-state index in [1.54, 1.807) is 0 Å². The van der Waals surface area contributed by atoms with Crippen LogP contribution in [0.25, 0.3) is 0 Å². The van der Waals surface area contributed by atoms with Crippen molar-refractivity contribution in [2.24, 2.45) is 11.3 Å². The molecule has 0 aromatic carbocycles. The van der Waals surface area contributed by atoms with Crippen molar-refractivity contribution in [1.82, 2.24) is 5.32 Å². The fraction of sp³-hybridized carbons (Fsp3) is 0.800. The normalized spacial score (nSPS) is 31.5. The summed E-state index contributed by atoms with van der Waals surface area (Å²) in [7, 11) is 0. The highest BCUT2D eigenvalue weighted by Gasteiger charge is 2.32. The van der Waals surface area contributed by atoms with Crippen LogP contribution in [0.3, 0.4) is 0 Å². The molecule has 1 rings (SSSR count). The second-order valence-corrected chi connectivity index (χ2v) is 4.69. The van der Waals surface area contributed by atoms with Crippen LogP contribution < -0.4 is 5.32 Å². The molecule has 0 aliphatic carbocycles. The molecule has 0 aromatic heterocycles. The minimum atomic E-state index is 0.369. The van der Waals surface area contributed by atoms with E-state index >= 15 is 0 Å². The van der Waals surface area contributed by atoms with Gasteiger partial charge >= 0.3 is 0 Å². The Balaban J connectivity index is 2.68. The van der Waals surface area contributed by atoms with E-state index in [0.717, 1.165) is 0 Å². The summed E-state index contributed by atoms with van der Waals surface area (Å²) in [6.07, 6.45) is 2.15. The van der Waals surface area contributed by atoms with Gasteiger partial charge < -0.3 is 5.32 Å². The second kappa shape index (κ2) is 2.54. The maximum absolute atomic E-state index is 3.43. The summed E-state index contributed by atoms with van der Waals surface area (Å²) in [5, 5.41) is 3.43. The highest BCUT2D eigenvalue weighted by molar-refractivity contribution is 5.14. The molecule has 0 fully saturated rings. The molecule has 2 unspecified atom stereocenters. The smallest absolute Gasteiger partial charge is 0.0367 e. The van der Waals surface area contributed by atoms with Gasteiger partial charge in [-0.25, -0.2) is 0 Å². The van der Waals surface area contributed by atoms with Crippen molar-refractivity contribution < 1.29 is 0 Å². The zero-order chi connectivity index (χ0) is 8.65. The van der Waals surface area contributed by atoms with Crippen LogP contribution in [0.5, 0.6) is 0 Å². The molecule has 1 nitrogen and oxygen atoms in total. The Hall–Kier alpha value is -0.460. The third-order valence-electron chi connectivity index (χ3n) is 2.64. The summed E-state index contributed by atoms with van der Waals surface area (Å²) in [5.74, 6) is 0.690. The Labute approximate surface area is 69.9 Å². The summed E-state index contributed by atoms with van der Waals surface area (Å²) in [6.45, 7) is 11.3. The Kier molecular flexibility index (Phi) is 2.00. The van der Waals surface area contributed by atoms with Crippen molar-refractivity contribution >= 4 is 0 Å². The van der Waals surface area contributed by atoms with Gasteiger partial charge in [-0.05, 0) is 24.5 Å². The van der Waals surface area contributed by atoms with Crippen LogP contribution in [0.1, 0.15) is 34.6 Å². The van der Waals surface area contributed by atoms with E-state index in [2.05, 4.69) is 46.1 Å². The third kappa shape index (κ3) is 1.58. The molecule has 0 bridgehead atoms. The van der Waals surface area contributed by atoms with E-state index in [0.29, 0.717) is 17.4 Å². The Morgan fingerprint density at radius 1 is 1.36 bits per heavy atom. The fourth-order valence-electron chi connectivity index (χ4n) is 1.76. The summed E-state index contributed by atoms with van der Waals surface area (Å²) in [4.78, 5) is 0. The molecule has 0 amide bonds. The standard InChI is InChI=1S/C10H19N/c1-7-6-11-9(8(7)2)10(3,4)5/h6,8-9,11H,1-5H3. The van der Waals surface area contributed by atoms with Gasteiger partial charge in [0.1, 0.15) is 0 Å². The maximum Gasteiger partial charge on any atom is 0.0367 e. The van der Waals surface area contributed by atoms with Gasteiger partial charge in [0.05, 0.1) is 0 Å². The monoisotopic (exact) mass is 153 g/mol. The average molecular weight is 153 g/mol. The molecule has 0 saturated heterocycles. The molecule has 1 aliphatic heterocycles. The first-order valence-corrected chi connectivity index (χ1v) is 4.35. The molecule has 1 N–H and O–H groups in total. The number of rotatable bonds is 0.